The number of carbonyl (C=O) groups is 1. The molecule has 0 aliphatic carbocycles. The van der Waals surface area contributed by atoms with Crippen LogP contribution in [0.4, 0.5) is 0 Å². The number of hydrogen-bond acceptors (Lipinski definition) is 2. The van der Waals surface area contributed by atoms with Crippen LogP contribution in [0.2, 0.25) is 17.7 Å². The number of rotatable bonds is 14. The van der Waals surface area contributed by atoms with Gasteiger partial charge in [0, 0.05) is 0 Å². The van der Waals surface area contributed by atoms with Crippen LogP contribution >= 0.6 is 0 Å². The van der Waals surface area contributed by atoms with Crippen molar-refractivity contribution in [3.8, 4) is 0 Å². The SMILES string of the molecule is C=C(CC(=O)OCC)[CH2][Sn]([CH2]CCC)([CH2]CCC)[CH2]CCC. The van der Waals surface area contributed by atoms with Crippen molar-refractivity contribution < 1.29 is 9.53 Å². The van der Waals surface area contributed by atoms with Crippen LogP contribution in [0.5, 0.6) is 0 Å². The monoisotopic (exact) mass is 418 g/mol. The summed E-state index contributed by atoms with van der Waals surface area (Å²) < 4.78 is 10.7. The van der Waals surface area contributed by atoms with Crippen LogP contribution in [0, 0.1) is 0 Å². The summed E-state index contributed by atoms with van der Waals surface area (Å²) in [6.45, 7) is 13.5. The van der Waals surface area contributed by atoms with Crippen LogP contribution in [0.15, 0.2) is 12.2 Å². The molecule has 0 saturated heterocycles. The summed E-state index contributed by atoms with van der Waals surface area (Å²) in [4.78, 5) is 11.7. The van der Waals surface area contributed by atoms with Crippen LogP contribution in [0.1, 0.15) is 72.6 Å². The van der Waals surface area contributed by atoms with Gasteiger partial charge in [0.2, 0.25) is 0 Å². The molecule has 0 rings (SSSR count). The quantitative estimate of drug-likeness (QED) is 0.187. The summed E-state index contributed by atoms with van der Waals surface area (Å²) >= 11 is -2.17. The summed E-state index contributed by atoms with van der Waals surface area (Å²) in [7, 11) is 0. The van der Waals surface area contributed by atoms with Gasteiger partial charge in [0.05, 0.1) is 0 Å². The van der Waals surface area contributed by atoms with Crippen molar-refractivity contribution >= 4 is 24.3 Å². The molecular formula is C19H38O2Sn. The second kappa shape index (κ2) is 13.4. The van der Waals surface area contributed by atoms with Gasteiger partial charge in [-0.15, -0.1) is 0 Å². The van der Waals surface area contributed by atoms with Crippen LogP contribution in [0.25, 0.3) is 0 Å². The van der Waals surface area contributed by atoms with E-state index >= 15 is 0 Å². The maximum atomic E-state index is 11.7. The molecule has 130 valence electrons. The van der Waals surface area contributed by atoms with Gasteiger partial charge in [-0.3, -0.25) is 0 Å². The molecule has 0 fully saturated rings. The molecule has 0 N–H and O–H groups in total. The third-order valence-corrected chi connectivity index (χ3v) is 20.2. The molecule has 0 unspecified atom stereocenters. The minimum atomic E-state index is -2.17. The summed E-state index contributed by atoms with van der Waals surface area (Å²) in [6.07, 6.45) is 8.43. The van der Waals surface area contributed by atoms with E-state index in [4.69, 9.17) is 4.74 Å². The van der Waals surface area contributed by atoms with Crippen molar-refractivity contribution in [1.29, 1.82) is 0 Å². The number of ether oxygens (including phenoxy) is 1. The molecule has 0 radical (unpaired) electrons. The molecule has 0 aliphatic heterocycles. The zero-order chi connectivity index (χ0) is 16.8. The Kier molecular flexibility index (Phi) is 13.5. The summed E-state index contributed by atoms with van der Waals surface area (Å²) in [6, 6.07) is 0. The first-order chi connectivity index (χ1) is 10.5. The van der Waals surface area contributed by atoms with Crippen molar-refractivity contribution in [2.45, 2.75) is 90.4 Å². The van der Waals surface area contributed by atoms with Gasteiger partial charge in [-0.25, -0.2) is 0 Å². The second-order valence-electron chi connectivity index (χ2n) is 6.72. The average molecular weight is 417 g/mol. The van der Waals surface area contributed by atoms with Crippen LogP contribution in [-0.4, -0.2) is 31.0 Å². The Balaban J connectivity index is 4.82. The zero-order valence-corrected chi connectivity index (χ0v) is 18.4. The molecule has 0 bridgehead atoms. The summed E-state index contributed by atoms with van der Waals surface area (Å²) in [5, 5.41) is 0. The fraction of sp³-hybridized carbons (Fsp3) is 0.842. The first kappa shape index (κ1) is 22.0. The van der Waals surface area contributed by atoms with E-state index in [0.29, 0.717) is 13.0 Å². The summed E-state index contributed by atoms with van der Waals surface area (Å²) in [5.41, 5.74) is 1.15. The standard InChI is InChI=1S/C7H11O2.3C4H9.Sn/c1-4-9-7(8)5-6(2)3;3*1-3-4-2;/h2-5H2,1H3;3*1,3-4H2,2H3;. The summed E-state index contributed by atoms with van der Waals surface area (Å²) in [5.74, 6) is -0.0887. The van der Waals surface area contributed by atoms with Gasteiger partial charge >= 0.3 is 143 Å². The normalized spacial score (nSPS) is 11.5. The number of carbonyl (C=O) groups excluding carboxylic acids is 1. The molecule has 3 heteroatoms. The van der Waals surface area contributed by atoms with Crippen molar-refractivity contribution in [3.05, 3.63) is 12.2 Å². The Morgan fingerprint density at radius 2 is 1.36 bits per heavy atom. The molecular weight excluding hydrogens is 379 g/mol. The first-order valence-electron chi connectivity index (χ1n) is 9.35. The van der Waals surface area contributed by atoms with Crippen molar-refractivity contribution in [1.82, 2.24) is 0 Å². The second-order valence-corrected chi connectivity index (χ2v) is 20.6. The molecule has 0 spiro atoms. The van der Waals surface area contributed by atoms with Gasteiger partial charge in [-0.2, -0.15) is 0 Å². The van der Waals surface area contributed by atoms with Gasteiger partial charge in [-0.05, 0) is 0 Å². The number of unbranched alkanes of at least 4 members (excludes halogenated alkanes) is 3. The molecule has 0 aromatic rings. The Morgan fingerprint density at radius 3 is 1.73 bits per heavy atom. The molecule has 0 atom stereocenters. The van der Waals surface area contributed by atoms with Gasteiger partial charge in [0.1, 0.15) is 0 Å². The molecule has 0 aromatic carbocycles. The number of hydrogen-bond donors (Lipinski definition) is 0. The van der Waals surface area contributed by atoms with Crippen LogP contribution in [-0.2, 0) is 9.53 Å². The van der Waals surface area contributed by atoms with E-state index in [1.807, 2.05) is 6.92 Å². The predicted octanol–water partition coefficient (Wildman–Crippen LogP) is 6.34. The molecule has 0 aliphatic rings. The van der Waals surface area contributed by atoms with Gasteiger partial charge in [-0.1, -0.05) is 0 Å². The van der Waals surface area contributed by atoms with E-state index < -0.39 is 18.4 Å². The van der Waals surface area contributed by atoms with E-state index in [0.717, 1.165) is 5.57 Å². The van der Waals surface area contributed by atoms with E-state index in [1.54, 1.807) is 0 Å². The number of esters is 1. The fourth-order valence-electron chi connectivity index (χ4n) is 3.30. The van der Waals surface area contributed by atoms with Crippen LogP contribution < -0.4 is 0 Å². The minimum absolute atomic E-state index is 0.0887. The first-order valence-corrected chi connectivity index (χ1v) is 17.4. The molecule has 22 heavy (non-hydrogen) atoms. The predicted molar refractivity (Wildman–Crippen MR) is 100 cm³/mol. The maximum absolute atomic E-state index is 11.7. The molecule has 2 nitrogen and oxygen atoms in total. The van der Waals surface area contributed by atoms with Gasteiger partial charge in [0.15, 0.2) is 0 Å². The van der Waals surface area contributed by atoms with E-state index in [1.165, 1.54) is 56.3 Å². The Hall–Kier alpha value is 0.00870. The topological polar surface area (TPSA) is 26.3 Å². The fourth-order valence-corrected chi connectivity index (χ4v) is 19.8. The third kappa shape index (κ3) is 9.91. The van der Waals surface area contributed by atoms with Crippen LogP contribution in [0.3, 0.4) is 0 Å². The molecule has 0 aromatic heterocycles. The van der Waals surface area contributed by atoms with Crippen molar-refractivity contribution in [2.75, 3.05) is 6.61 Å². The van der Waals surface area contributed by atoms with Crippen molar-refractivity contribution in [3.63, 3.8) is 0 Å². The van der Waals surface area contributed by atoms with E-state index in [2.05, 4.69) is 27.4 Å². The average Bonchev–Trinajstić information content (AvgIpc) is 2.48. The van der Waals surface area contributed by atoms with Gasteiger partial charge in [0.25, 0.3) is 0 Å². The van der Waals surface area contributed by atoms with E-state index in [-0.39, 0.29) is 5.97 Å². The van der Waals surface area contributed by atoms with Gasteiger partial charge < -0.3 is 0 Å². The molecule has 0 saturated carbocycles. The Morgan fingerprint density at radius 1 is 0.909 bits per heavy atom. The van der Waals surface area contributed by atoms with E-state index in [9.17, 15) is 4.79 Å². The Bertz CT molecular complexity index is 291. The zero-order valence-electron chi connectivity index (χ0n) is 15.5. The molecule has 0 amide bonds. The Labute approximate surface area is 143 Å². The van der Waals surface area contributed by atoms with Crippen molar-refractivity contribution in [2.24, 2.45) is 0 Å². The third-order valence-electron chi connectivity index (χ3n) is 4.51. The molecule has 0 heterocycles.